The fraction of sp³-hybridized carbons (Fsp3) is 0.636. The lowest BCUT2D eigenvalue weighted by Gasteiger charge is -2.09. The third kappa shape index (κ3) is 7.55. The Morgan fingerprint density at radius 1 is 1.13 bits per heavy atom. The minimum atomic E-state index is -2.86. The molecule has 0 N–H and O–H groups in total. The monoisotopic (exact) mass is 232 g/mol. The molecule has 0 amide bonds. The number of unbranched alkanes of at least 4 members (excludes halogenated alkanes) is 2. The number of rotatable bonds is 8. The molecular weight excluding hydrogens is 211 g/mol. The van der Waals surface area contributed by atoms with E-state index >= 15 is 0 Å². The molecule has 0 aliphatic carbocycles. The van der Waals surface area contributed by atoms with E-state index in [-0.39, 0.29) is 0 Å². The van der Waals surface area contributed by atoms with Gasteiger partial charge in [-0.25, -0.2) is 0 Å². The van der Waals surface area contributed by atoms with Crippen LogP contribution in [0.2, 0.25) is 0 Å². The first kappa shape index (κ1) is 14.6. The Morgan fingerprint density at radius 3 is 2.27 bits per heavy atom. The number of allylic oxidation sites excluding steroid dienone is 4. The zero-order valence-electron chi connectivity index (χ0n) is 9.81. The van der Waals surface area contributed by atoms with Crippen molar-refractivity contribution in [2.45, 2.75) is 26.2 Å². The zero-order valence-corrected chi connectivity index (χ0v) is 10.7. The molecular formula is C11H21O3P. The molecule has 0 unspecified atom stereocenters. The Morgan fingerprint density at radius 2 is 1.73 bits per heavy atom. The van der Waals surface area contributed by atoms with E-state index < -0.39 is 7.60 Å². The van der Waals surface area contributed by atoms with Crippen molar-refractivity contribution in [1.82, 2.24) is 0 Å². The molecule has 0 spiro atoms. The summed E-state index contributed by atoms with van der Waals surface area (Å²) in [4.78, 5) is 0. The van der Waals surface area contributed by atoms with Crippen LogP contribution < -0.4 is 0 Å². The summed E-state index contributed by atoms with van der Waals surface area (Å²) in [6, 6.07) is 0. The Hall–Kier alpha value is -0.370. The Kier molecular flexibility index (Phi) is 8.68. The molecule has 0 aromatic rings. The molecule has 0 aliphatic rings. The molecule has 0 aliphatic heterocycles. The number of hydrogen-bond donors (Lipinski definition) is 0. The van der Waals surface area contributed by atoms with Gasteiger partial charge < -0.3 is 9.05 Å². The molecule has 15 heavy (non-hydrogen) atoms. The van der Waals surface area contributed by atoms with Crippen LogP contribution in [-0.4, -0.2) is 20.4 Å². The fourth-order valence-electron chi connectivity index (χ4n) is 0.989. The van der Waals surface area contributed by atoms with Gasteiger partial charge in [-0.3, -0.25) is 4.57 Å². The first-order valence-electron chi connectivity index (χ1n) is 5.20. The maximum atomic E-state index is 11.6. The highest BCUT2D eigenvalue weighted by molar-refractivity contribution is 7.54. The second kappa shape index (κ2) is 8.90. The molecule has 3 nitrogen and oxygen atoms in total. The Balaban J connectivity index is 3.79. The maximum Gasteiger partial charge on any atom is 0.333 e. The molecule has 4 heteroatoms. The second-order valence-electron chi connectivity index (χ2n) is 3.16. The van der Waals surface area contributed by atoms with Crippen molar-refractivity contribution in [2.75, 3.05) is 20.4 Å². The molecule has 0 radical (unpaired) electrons. The third-order valence-electron chi connectivity index (χ3n) is 1.99. The van der Waals surface area contributed by atoms with Crippen molar-refractivity contribution in [1.29, 1.82) is 0 Å². The van der Waals surface area contributed by atoms with E-state index in [9.17, 15) is 4.57 Å². The second-order valence-corrected chi connectivity index (χ2v) is 5.47. The van der Waals surface area contributed by atoms with Crippen LogP contribution in [0.5, 0.6) is 0 Å². The highest BCUT2D eigenvalue weighted by Gasteiger charge is 2.17. The molecule has 0 saturated heterocycles. The van der Waals surface area contributed by atoms with Gasteiger partial charge >= 0.3 is 7.60 Å². The van der Waals surface area contributed by atoms with E-state index in [1.807, 2.05) is 12.2 Å². The third-order valence-corrected chi connectivity index (χ3v) is 3.76. The molecule has 0 saturated carbocycles. The van der Waals surface area contributed by atoms with Crippen LogP contribution in [0.4, 0.5) is 0 Å². The van der Waals surface area contributed by atoms with E-state index in [1.165, 1.54) is 27.1 Å². The summed E-state index contributed by atoms with van der Waals surface area (Å²) in [5.41, 5.74) is 0. The standard InChI is InChI=1S/C11H21O3P/c1-4-5-6-7-8-9-10-11-15(12,13-2)14-3/h7-10H,4-6,11H2,1-3H3/b8-7+,10-9+. The highest BCUT2D eigenvalue weighted by atomic mass is 31.2. The van der Waals surface area contributed by atoms with E-state index in [0.29, 0.717) is 6.16 Å². The minimum Gasteiger partial charge on any atom is -0.312 e. The SMILES string of the molecule is CCCC/C=C/C=C/CP(=O)(OC)OC. The molecule has 0 bridgehead atoms. The molecule has 0 rings (SSSR count). The fourth-order valence-corrected chi connectivity index (χ4v) is 1.82. The molecule has 0 fully saturated rings. The molecule has 0 heterocycles. The average Bonchev–Trinajstić information content (AvgIpc) is 2.27. The summed E-state index contributed by atoms with van der Waals surface area (Å²) in [5, 5.41) is 0. The van der Waals surface area contributed by atoms with E-state index in [4.69, 9.17) is 9.05 Å². The topological polar surface area (TPSA) is 35.5 Å². The van der Waals surface area contributed by atoms with Gasteiger partial charge in [-0.05, 0) is 6.42 Å². The predicted octanol–water partition coefficient (Wildman–Crippen LogP) is 3.77. The Labute approximate surface area is 92.7 Å². The minimum absolute atomic E-state index is 0.318. The van der Waals surface area contributed by atoms with Gasteiger partial charge in [-0.15, -0.1) is 0 Å². The summed E-state index contributed by atoms with van der Waals surface area (Å²) in [6.45, 7) is 2.16. The van der Waals surface area contributed by atoms with Crippen LogP contribution in [0.15, 0.2) is 24.3 Å². The quantitative estimate of drug-likeness (QED) is 0.363. The summed E-state index contributed by atoms with van der Waals surface area (Å²) >= 11 is 0. The van der Waals surface area contributed by atoms with E-state index in [1.54, 1.807) is 6.08 Å². The smallest absolute Gasteiger partial charge is 0.312 e. The average molecular weight is 232 g/mol. The molecule has 88 valence electrons. The van der Waals surface area contributed by atoms with E-state index in [2.05, 4.69) is 13.0 Å². The highest BCUT2D eigenvalue weighted by Crippen LogP contribution is 2.46. The van der Waals surface area contributed by atoms with Crippen LogP contribution in [0, 0.1) is 0 Å². The lowest BCUT2D eigenvalue weighted by molar-refractivity contribution is 0.279. The summed E-state index contributed by atoms with van der Waals surface area (Å²) in [7, 11) is -0.0671. The normalized spacial score (nSPS) is 13.0. The predicted molar refractivity (Wildman–Crippen MR) is 64.3 cm³/mol. The lowest BCUT2D eigenvalue weighted by Crippen LogP contribution is -1.91. The summed E-state index contributed by atoms with van der Waals surface area (Å²) in [6.07, 6.45) is 11.6. The maximum absolute atomic E-state index is 11.6. The summed E-state index contributed by atoms with van der Waals surface area (Å²) < 4.78 is 21.1. The number of hydrogen-bond acceptors (Lipinski definition) is 3. The van der Waals surface area contributed by atoms with Crippen molar-refractivity contribution in [2.24, 2.45) is 0 Å². The van der Waals surface area contributed by atoms with Crippen molar-refractivity contribution in [3.8, 4) is 0 Å². The van der Waals surface area contributed by atoms with Crippen LogP contribution in [0.3, 0.4) is 0 Å². The Bertz CT molecular complexity index is 238. The van der Waals surface area contributed by atoms with E-state index in [0.717, 1.165) is 6.42 Å². The van der Waals surface area contributed by atoms with Crippen LogP contribution >= 0.6 is 7.60 Å². The van der Waals surface area contributed by atoms with Gasteiger partial charge in [0.1, 0.15) is 0 Å². The van der Waals surface area contributed by atoms with Gasteiger partial charge in [0.25, 0.3) is 0 Å². The first-order chi connectivity index (χ1) is 7.18. The van der Waals surface area contributed by atoms with Crippen LogP contribution in [-0.2, 0) is 13.6 Å². The van der Waals surface area contributed by atoms with Gasteiger partial charge in [0.05, 0.1) is 6.16 Å². The van der Waals surface area contributed by atoms with Gasteiger partial charge in [0.2, 0.25) is 0 Å². The molecule has 0 aromatic carbocycles. The van der Waals surface area contributed by atoms with Gasteiger partial charge in [-0.1, -0.05) is 44.1 Å². The van der Waals surface area contributed by atoms with Crippen LogP contribution in [0.1, 0.15) is 26.2 Å². The van der Waals surface area contributed by atoms with Crippen molar-refractivity contribution in [3.05, 3.63) is 24.3 Å². The lowest BCUT2D eigenvalue weighted by atomic mass is 10.2. The van der Waals surface area contributed by atoms with Crippen molar-refractivity contribution < 1.29 is 13.6 Å². The van der Waals surface area contributed by atoms with Crippen molar-refractivity contribution in [3.63, 3.8) is 0 Å². The van der Waals surface area contributed by atoms with Crippen molar-refractivity contribution >= 4 is 7.60 Å². The van der Waals surface area contributed by atoms with Gasteiger partial charge in [0, 0.05) is 14.2 Å². The van der Waals surface area contributed by atoms with Crippen LogP contribution in [0.25, 0.3) is 0 Å². The molecule has 0 aromatic heterocycles. The van der Waals surface area contributed by atoms with Gasteiger partial charge in [0.15, 0.2) is 0 Å². The summed E-state index contributed by atoms with van der Waals surface area (Å²) in [5.74, 6) is 0. The first-order valence-corrected chi connectivity index (χ1v) is 6.93. The molecule has 0 atom stereocenters. The largest absolute Gasteiger partial charge is 0.333 e. The zero-order chi connectivity index (χ0) is 11.6. The van der Waals surface area contributed by atoms with Gasteiger partial charge in [-0.2, -0.15) is 0 Å².